The zero-order valence-electron chi connectivity index (χ0n) is 13.9. The van der Waals surface area contributed by atoms with E-state index in [1.165, 1.54) is 0 Å². The lowest BCUT2D eigenvalue weighted by atomic mass is 10.0. The number of hydrogen-bond acceptors (Lipinski definition) is 4. The third-order valence-corrected chi connectivity index (χ3v) is 3.64. The normalized spacial score (nSPS) is 10.8. The molecule has 25 heavy (non-hydrogen) atoms. The van der Waals surface area contributed by atoms with Crippen molar-refractivity contribution in [1.82, 2.24) is 4.98 Å². The maximum absolute atomic E-state index is 14.4. The Morgan fingerprint density at radius 3 is 2.32 bits per heavy atom. The lowest BCUT2D eigenvalue weighted by Crippen LogP contribution is -2.07. The van der Waals surface area contributed by atoms with E-state index < -0.39 is 34.7 Å². The molecule has 0 aliphatic rings. The van der Waals surface area contributed by atoms with Crippen LogP contribution in [0.25, 0.3) is 11.3 Å². The maximum Gasteiger partial charge on any atom is 0.356 e. The molecule has 0 atom stereocenters. The van der Waals surface area contributed by atoms with Gasteiger partial charge in [-0.25, -0.2) is 22.9 Å². The van der Waals surface area contributed by atoms with E-state index >= 15 is 0 Å². The highest BCUT2D eigenvalue weighted by atomic mass is 19.1. The van der Waals surface area contributed by atoms with E-state index in [1.54, 1.807) is 7.11 Å². The van der Waals surface area contributed by atoms with Gasteiger partial charge in [0, 0.05) is 13.7 Å². The van der Waals surface area contributed by atoms with E-state index in [0.29, 0.717) is 25.0 Å². The van der Waals surface area contributed by atoms with Gasteiger partial charge in [0.1, 0.15) is 28.8 Å². The smallest absolute Gasteiger partial charge is 0.356 e. The Kier molecular flexibility index (Phi) is 6.52. The number of methoxy groups -OCH3 is 2. The largest absolute Gasteiger partial charge is 0.464 e. The van der Waals surface area contributed by atoms with Gasteiger partial charge in [-0.3, -0.25) is 0 Å². The molecule has 0 amide bonds. The first-order valence-electron chi connectivity index (χ1n) is 7.70. The number of aryl methyl sites for hydroxylation is 1. The number of rotatable bonds is 7. The first kappa shape index (κ1) is 18.9. The molecule has 0 saturated heterocycles. The molecule has 0 radical (unpaired) electrons. The Morgan fingerprint density at radius 2 is 1.72 bits per heavy atom. The van der Waals surface area contributed by atoms with Crippen molar-refractivity contribution in [3.8, 4) is 11.3 Å². The summed E-state index contributed by atoms with van der Waals surface area (Å²) >= 11 is 0. The molecular weight excluding hydrogens is 335 g/mol. The number of hydrogen-bond donors (Lipinski definition) is 0. The van der Waals surface area contributed by atoms with Crippen LogP contribution in [-0.4, -0.2) is 31.8 Å². The van der Waals surface area contributed by atoms with E-state index in [4.69, 9.17) is 4.74 Å². The number of nitrogens with zero attached hydrogens (tertiary/aromatic N) is 1. The van der Waals surface area contributed by atoms with E-state index in [2.05, 4.69) is 9.72 Å². The standard InChI is InChI=1S/C18H18F3NO3/c1-24-8-4-3-5-11-9-13(20)16(14(21)10-11)17-12(19)6-7-15(22-17)18(23)25-2/h6-7,9-10H,3-5,8H2,1-2H3. The lowest BCUT2D eigenvalue weighted by Gasteiger charge is -2.10. The summed E-state index contributed by atoms with van der Waals surface area (Å²) in [5, 5.41) is 0. The second-order valence-electron chi connectivity index (χ2n) is 5.40. The molecule has 2 rings (SSSR count). The first-order valence-corrected chi connectivity index (χ1v) is 7.70. The first-order chi connectivity index (χ1) is 12.0. The zero-order valence-corrected chi connectivity index (χ0v) is 13.9. The molecule has 0 fully saturated rings. The van der Waals surface area contributed by atoms with Gasteiger partial charge in [0.2, 0.25) is 0 Å². The average Bonchev–Trinajstić information content (AvgIpc) is 2.59. The van der Waals surface area contributed by atoms with Crippen molar-refractivity contribution in [2.75, 3.05) is 20.8 Å². The van der Waals surface area contributed by atoms with Crippen molar-refractivity contribution >= 4 is 5.97 Å². The van der Waals surface area contributed by atoms with Gasteiger partial charge in [-0.2, -0.15) is 0 Å². The molecule has 0 bridgehead atoms. The fourth-order valence-electron chi connectivity index (χ4n) is 2.41. The second kappa shape index (κ2) is 8.62. The minimum absolute atomic E-state index is 0.235. The molecule has 4 nitrogen and oxygen atoms in total. The highest BCUT2D eigenvalue weighted by Crippen LogP contribution is 2.28. The third kappa shape index (κ3) is 4.57. The third-order valence-electron chi connectivity index (χ3n) is 3.64. The number of carbonyl (C=O) groups is 1. The number of carbonyl (C=O) groups excluding carboxylic acids is 1. The summed E-state index contributed by atoms with van der Waals surface area (Å²) in [6, 6.07) is 4.31. The number of ether oxygens (including phenoxy) is 2. The van der Waals surface area contributed by atoms with Gasteiger partial charge in [0.25, 0.3) is 0 Å². The Bertz CT molecular complexity index is 742. The van der Waals surface area contributed by atoms with Gasteiger partial charge < -0.3 is 9.47 Å². The molecule has 0 unspecified atom stereocenters. The van der Waals surface area contributed by atoms with Crippen LogP contribution in [0.5, 0.6) is 0 Å². The predicted molar refractivity (Wildman–Crippen MR) is 85.7 cm³/mol. The molecule has 134 valence electrons. The number of esters is 1. The van der Waals surface area contributed by atoms with Gasteiger partial charge in [-0.15, -0.1) is 0 Å². The number of unbranched alkanes of at least 4 members (excludes halogenated alkanes) is 1. The van der Waals surface area contributed by atoms with Crippen molar-refractivity contribution < 1.29 is 27.4 Å². The highest BCUT2D eigenvalue weighted by Gasteiger charge is 2.20. The molecule has 0 saturated carbocycles. The van der Waals surface area contributed by atoms with Crippen molar-refractivity contribution in [1.29, 1.82) is 0 Å². The zero-order chi connectivity index (χ0) is 18.4. The van der Waals surface area contributed by atoms with E-state index in [0.717, 1.165) is 37.8 Å². The minimum atomic E-state index is -0.935. The van der Waals surface area contributed by atoms with Crippen LogP contribution in [0.1, 0.15) is 28.9 Å². The number of aromatic nitrogens is 1. The van der Waals surface area contributed by atoms with Crippen LogP contribution in [0.4, 0.5) is 13.2 Å². The molecule has 1 heterocycles. The van der Waals surface area contributed by atoms with Crippen LogP contribution in [-0.2, 0) is 15.9 Å². The number of pyridine rings is 1. The Balaban J connectivity index is 2.35. The molecule has 0 N–H and O–H groups in total. The summed E-state index contributed by atoms with van der Waals surface area (Å²) in [5.74, 6) is -3.62. The lowest BCUT2D eigenvalue weighted by molar-refractivity contribution is 0.0594. The molecule has 0 spiro atoms. The average molecular weight is 353 g/mol. The molecular formula is C18H18F3NO3. The SMILES string of the molecule is COCCCCc1cc(F)c(-c2nc(C(=O)OC)ccc2F)c(F)c1. The van der Waals surface area contributed by atoms with Gasteiger partial charge in [-0.1, -0.05) is 0 Å². The maximum atomic E-state index is 14.4. The van der Waals surface area contributed by atoms with Crippen molar-refractivity contribution in [3.63, 3.8) is 0 Å². The Morgan fingerprint density at radius 1 is 1.04 bits per heavy atom. The van der Waals surface area contributed by atoms with Crippen LogP contribution < -0.4 is 0 Å². The Labute approximate surface area is 143 Å². The van der Waals surface area contributed by atoms with Crippen LogP contribution in [0, 0.1) is 17.5 Å². The predicted octanol–water partition coefficient (Wildman–Crippen LogP) is 3.92. The molecule has 0 aliphatic heterocycles. The second-order valence-corrected chi connectivity index (χ2v) is 5.40. The van der Waals surface area contributed by atoms with Gasteiger partial charge in [0.05, 0.1) is 12.7 Å². The highest BCUT2D eigenvalue weighted by molar-refractivity contribution is 5.87. The number of benzene rings is 1. The summed E-state index contributed by atoms with van der Waals surface area (Å²) in [6.45, 7) is 0.568. The van der Waals surface area contributed by atoms with Crippen LogP contribution >= 0.6 is 0 Å². The summed E-state index contributed by atoms with van der Waals surface area (Å²) < 4.78 is 52.2. The van der Waals surface area contributed by atoms with Crippen molar-refractivity contribution in [2.45, 2.75) is 19.3 Å². The van der Waals surface area contributed by atoms with E-state index in [-0.39, 0.29) is 5.69 Å². The topological polar surface area (TPSA) is 48.4 Å². The molecule has 1 aromatic carbocycles. The summed E-state index contributed by atoms with van der Waals surface area (Å²) in [5.41, 5.74) is -0.951. The fourth-order valence-corrected chi connectivity index (χ4v) is 2.41. The molecule has 7 heteroatoms. The molecule has 2 aromatic rings. The van der Waals surface area contributed by atoms with Crippen molar-refractivity contribution in [2.24, 2.45) is 0 Å². The van der Waals surface area contributed by atoms with Gasteiger partial charge in [0.15, 0.2) is 0 Å². The minimum Gasteiger partial charge on any atom is -0.464 e. The van der Waals surface area contributed by atoms with Crippen LogP contribution in [0.2, 0.25) is 0 Å². The molecule has 1 aromatic heterocycles. The fraction of sp³-hybridized carbons (Fsp3) is 0.333. The Hall–Kier alpha value is -2.41. The van der Waals surface area contributed by atoms with Crippen molar-refractivity contribution in [3.05, 3.63) is 53.0 Å². The van der Waals surface area contributed by atoms with Crippen LogP contribution in [0.3, 0.4) is 0 Å². The summed E-state index contributed by atoms with van der Waals surface area (Å²) in [6.07, 6.45) is 1.94. The monoisotopic (exact) mass is 353 g/mol. The molecule has 0 aliphatic carbocycles. The van der Waals surface area contributed by atoms with Gasteiger partial charge >= 0.3 is 5.97 Å². The quantitative estimate of drug-likeness (QED) is 0.559. The van der Waals surface area contributed by atoms with Gasteiger partial charge in [-0.05, 0) is 49.1 Å². The van der Waals surface area contributed by atoms with E-state index in [9.17, 15) is 18.0 Å². The van der Waals surface area contributed by atoms with E-state index in [1.807, 2.05) is 0 Å². The number of halogens is 3. The summed E-state index contributed by atoms with van der Waals surface area (Å²) in [7, 11) is 2.71. The van der Waals surface area contributed by atoms with Crippen LogP contribution in [0.15, 0.2) is 24.3 Å². The summed E-state index contributed by atoms with van der Waals surface area (Å²) in [4.78, 5) is 15.2.